The number of aryl methyl sites for hydroxylation is 1. The molecule has 1 aromatic carbocycles. The van der Waals surface area contributed by atoms with Crippen molar-refractivity contribution < 1.29 is 4.79 Å². The molecule has 0 aliphatic carbocycles. The fourth-order valence-electron chi connectivity index (χ4n) is 1.65. The molecular formula is C14H20BrNO. The number of nitrogens with one attached hydrogen (secondary N) is 1. The lowest BCUT2D eigenvalue weighted by Crippen LogP contribution is -2.12. The van der Waals surface area contributed by atoms with Gasteiger partial charge < -0.3 is 5.32 Å². The van der Waals surface area contributed by atoms with Crippen LogP contribution in [0, 0.1) is 6.92 Å². The summed E-state index contributed by atoms with van der Waals surface area (Å²) >= 11 is 3.41. The van der Waals surface area contributed by atoms with Crippen LogP contribution in [-0.2, 0) is 4.79 Å². The molecule has 0 aromatic heterocycles. The van der Waals surface area contributed by atoms with E-state index in [4.69, 9.17) is 0 Å². The highest BCUT2D eigenvalue weighted by atomic mass is 79.9. The minimum Gasteiger partial charge on any atom is -0.326 e. The van der Waals surface area contributed by atoms with Gasteiger partial charge in [-0.1, -0.05) is 48.2 Å². The third-order valence-corrected chi connectivity index (χ3v) is 3.22. The van der Waals surface area contributed by atoms with Crippen LogP contribution in [0.1, 0.15) is 44.6 Å². The van der Waals surface area contributed by atoms with Gasteiger partial charge in [0, 0.05) is 16.6 Å². The quantitative estimate of drug-likeness (QED) is 0.760. The van der Waals surface area contributed by atoms with Gasteiger partial charge in [-0.3, -0.25) is 4.79 Å². The van der Waals surface area contributed by atoms with Crippen LogP contribution in [0.2, 0.25) is 0 Å². The van der Waals surface area contributed by atoms with E-state index in [0.717, 1.165) is 28.6 Å². The van der Waals surface area contributed by atoms with E-state index in [-0.39, 0.29) is 5.91 Å². The summed E-state index contributed by atoms with van der Waals surface area (Å²) in [5.74, 6) is 0.113. The highest BCUT2D eigenvalue weighted by Crippen LogP contribution is 2.20. The molecule has 1 amide bonds. The second-order valence-corrected chi connectivity index (χ2v) is 5.23. The topological polar surface area (TPSA) is 29.1 Å². The number of carbonyl (C=O) groups is 1. The average molecular weight is 298 g/mol. The molecule has 94 valence electrons. The predicted molar refractivity (Wildman–Crippen MR) is 76.3 cm³/mol. The van der Waals surface area contributed by atoms with Crippen molar-refractivity contribution in [3.63, 3.8) is 0 Å². The summed E-state index contributed by atoms with van der Waals surface area (Å²) in [7, 11) is 0. The summed E-state index contributed by atoms with van der Waals surface area (Å²) in [6.07, 6.45) is 5.15. The third-order valence-electron chi connectivity index (χ3n) is 2.73. The van der Waals surface area contributed by atoms with Crippen LogP contribution >= 0.6 is 15.9 Å². The molecule has 1 N–H and O–H groups in total. The Morgan fingerprint density at radius 2 is 2.06 bits per heavy atom. The number of benzene rings is 1. The first-order valence-corrected chi connectivity index (χ1v) is 6.98. The Morgan fingerprint density at radius 1 is 1.29 bits per heavy atom. The van der Waals surface area contributed by atoms with Crippen LogP contribution in [0.4, 0.5) is 5.69 Å². The fraction of sp³-hybridized carbons (Fsp3) is 0.500. The zero-order valence-corrected chi connectivity index (χ0v) is 12.1. The Balaban J connectivity index is 2.42. The summed E-state index contributed by atoms with van der Waals surface area (Å²) in [5.41, 5.74) is 2.00. The second kappa shape index (κ2) is 7.49. The zero-order valence-electron chi connectivity index (χ0n) is 10.6. The maximum absolute atomic E-state index is 11.7. The summed E-state index contributed by atoms with van der Waals surface area (Å²) < 4.78 is 0.990. The van der Waals surface area contributed by atoms with E-state index < -0.39 is 0 Å². The van der Waals surface area contributed by atoms with Crippen LogP contribution in [0.25, 0.3) is 0 Å². The molecule has 1 aromatic rings. The standard InChI is InChI=1S/C14H20BrNO/c1-3-4-5-6-7-14(17)16-13-10-12(15)9-8-11(13)2/h8-10H,3-7H2,1-2H3,(H,16,17). The lowest BCUT2D eigenvalue weighted by Gasteiger charge is -2.08. The number of rotatable bonds is 6. The van der Waals surface area contributed by atoms with Gasteiger partial charge in [-0.2, -0.15) is 0 Å². The molecule has 0 aliphatic rings. The van der Waals surface area contributed by atoms with Gasteiger partial charge in [0.05, 0.1) is 0 Å². The van der Waals surface area contributed by atoms with E-state index in [9.17, 15) is 4.79 Å². The summed E-state index contributed by atoms with van der Waals surface area (Å²) in [6, 6.07) is 5.92. The van der Waals surface area contributed by atoms with E-state index in [1.54, 1.807) is 0 Å². The van der Waals surface area contributed by atoms with E-state index in [1.807, 2.05) is 25.1 Å². The van der Waals surface area contributed by atoms with E-state index >= 15 is 0 Å². The minimum absolute atomic E-state index is 0.113. The number of anilines is 1. The molecule has 0 atom stereocenters. The Bertz CT molecular complexity index is 376. The Labute approximate surface area is 112 Å². The number of hydrogen-bond acceptors (Lipinski definition) is 1. The molecule has 0 saturated heterocycles. The highest BCUT2D eigenvalue weighted by molar-refractivity contribution is 9.10. The van der Waals surface area contributed by atoms with Crippen molar-refractivity contribution in [3.05, 3.63) is 28.2 Å². The lowest BCUT2D eigenvalue weighted by atomic mass is 10.1. The predicted octanol–water partition coefficient (Wildman–Crippen LogP) is 4.67. The maximum atomic E-state index is 11.7. The molecule has 1 rings (SSSR count). The number of hydrogen-bond donors (Lipinski definition) is 1. The Kier molecular flexibility index (Phi) is 6.27. The summed E-state index contributed by atoms with van der Waals surface area (Å²) in [6.45, 7) is 4.17. The Morgan fingerprint density at radius 3 is 2.76 bits per heavy atom. The number of carbonyl (C=O) groups excluding carboxylic acids is 1. The van der Waals surface area contributed by atoms with Crippen molar-refractivity contribution in [2.45, 2.75) is 46.0 Å². The largest absolute Gasteiger partial charge is 0.326 e. The smallest absolute Gasteiger partial charge is 0.224 e. The SMILES string of the molecule is CCCCCCC(=O)Nc1cc(Br)ccc1C. The summed E-state index contributed by atoms with van der Waals surface area (Å²) in [5, 5.41) is 2.96. The molecule has 0 bridgehead atoms. The zero-order chi connectivity index (χ0) is 12.7. The van der Waals surface area contributed by atoms with Crippen LogP contribution in [-0.4, -0.2) is 5.91 Å². The monoisotopic (exact) mass is 297 g/mol. The van der Waals surface area contributed by atoms with Crippen molar-refractivity contribution in [3.8, 4) is 0 Å². The van der Waals surface area contributed by atoms with Gasteiger partial charge in [0.15, 0.2) is 0 Å². The van der Waals surface area contributed by atoms with Crippen LogP contribution in [0.3, 0.4) is 0 Å². The van der Waals surface area contributed by atoms with Gasteiger partial charge in [-0.15, -0.1) is 0 Å². The van der Waals surface area contributed by atoms with Crippen LogP contribution < -0.4 is 5.32 Å². The van der Waals surface area contributed by atoms with E-state index in [1.165, 1.54) is 12.8 Å². The molecule has 0 unspecified atom stereocenters. The molecule has 0 saturated carbocycles. The first-order valence-electron chi connectivity index (χ1n) is 6.19. The molecule has 0 radical (unpaired) electrons. The van der Waals surface area contributed by atoms with Gasteiger partial charge in [0.2, 0.25) is 5.91 Å². The minimum atomic E-state index is 0.113. The fourth-order valence-corrected chi connectivity index (χ4v) is 2.02. The first kappa shape index (κ1) is 14.2. The van der Waals surface area contributed by atoms with Gasteiger partial charge >= 0.3 is 0 Å². The van der Waals surface area contributed by atoms with Crippen molar-refractivity contribution in [1.82, 2.24) is 0 Å². The van der Waals surface area contributed by atoms with Crippen molar-refractivity contribution in [1.29, 1.82) is 0 Å². The summed E-state index contributed by atoms with van der Waals surface area (Å²) in [4.78, 5) is 11.7. The molecule has 2 nitrogen and oxygen atoms in total. The van der Waals surface area contributed by atoms with Gasteiger partial charge in [-0.05, 0) is 31.0 Å². The molecule has 0 heterocycles. The second-order valence-electron chi connectivity index (χ2n) is 4.32. The van der Waals surface area contributed by atoms with Gasteiger partial charge in [-0.25, -0.2) is 0 Å². The average Bonchev–Trinajstić information content (AvgIpc) is 2.29. The third kappa shape index (κ3) is 5.35. The number of halogens is 1. The number of unbranched alkanes of at least 4 members (excludes halogenated alkanes) is 3. The molecule has 3 heteroatoms. The van der Waals surface area contributed by atoms with Crippen molar-refractivity contribution in [2.24, 2.45) is 0 Å². The number of amides is 1. The van der Waals surface area contributed by atoms with E-state index in [0.29, 0.717) is 6.42 Å². The van der Waals surface area contributed by atoms with Gasteiger partial charge in [0.1, 0.15) is 0 Å². The highest BCUT2D eigenvalue weighted by Gasteiger charge is 2.04. The molecule has 0 fully saturated rings. The van der Waals surface area contributed by atoms with Crippen LogP contribution in [0.15, 0.2) is 22.7 Å². The molecule has 17 heavy (non-hydrogen) atoms. The van der Waals surface area contributed by atoms with E-state index in [2.05, 4.69) is 28.2 Å². The normalized spacial score (nSPS) is 10.3. The molecular weight excluding hydrogens is 278 g/mol. The first-order chi connectivity index (χ1) is 8.13. The molecule has 0 spiro atoms. The maximum Gasteiger partial charge on any atom is 0.224 e. The molecule has 0 aliphatic heterocycles. The lowest BCUT2D eigenvalue weighted by molar-refractivity contribution is -0.116. The van der Waals surface area contributed by atoms with Crippen molar-refractivity contribution >= 4 is 27.5 Å². The van der Waals surface area contributed by atoms with Crippen LogP contribution in [0.5, 0.6) is 0 Å². The Hall–Kier alpha value is -0.830. The van der Waals surface area contributed by atoms with Crippen molar-refractivity contribution in [2.75, 3.05) is 5.32 Å². The van der Waals surface area contributed by atoms with Gasteiger partial charge in [0.25, 0.3) is 0 Å².